The quantitative estimate of drug-likeness (QED) is 0.0526. The first-order valence-corrected chi connectivity index (χ1v) is 19.1. The van der Waals surface area contributed by atoms with Gasteiger partial charge in [0, 0.05) is 31.3 Å². The third-order valence-electron chi connectivity index (χ3n) is 6.97. The third kappa shape index (κ3) is 12.6. The number of nitrogens with zero attached hydrogens (tertiary/aromatic N) is 4. The van der Waals surface area contributed by atoms with Crippen LogP contribution in [-0.4, -0.2) is 123 Å². The van der Waals surface area contributed by atoms with Crippen molar-refractivity contribution >= 4 is 58.2 Å². The van der Waals surface area contributed by atoms with Crippen LogP contribution in [0, 0.1) is 5.41 Å². The fourth-order valence-corrected chi connectivity index (χ4v) is 7.24. The number of amides is 2. The van der Waals surface area contributed by atoms with Crippen LogP contribution < -0.4 is 16.4 Å². The molecule has 3 rings (SSSR count). The van der Waals surface area contributed by atoms with E-state index in [0.717, 1.165) is 17.2 Å². The number of aromatic nitrogens is 4. The maximum atomic E-state index is 12.6. The van der Waals surface area contributed by atoms with Gasteiger partial charge in [-0.15, -0.1) is 0 Å². The molecular formula is C23H38N7O18P3. The van der Waals surface area contributed by atoms with Crippen LogP contribution in [0.4, 0.5) is 5.82 Å². The Kier molecular flexibility index (Phi) is 14.3. The van der Waals surface area contributed by atoms with E-state index in [2.05, 4.69) is 34.4 Å². The number of fused-ring (bicyclic) bond motifs is 1. The van der Waals surface area contributed by atoms with E-state index in [0.29, 0.717) is 0 Å². The largest absolute Gasteiger partial charge is 0.481 e. The van der Waals surface area contributed by atoms with E-state index in [4.69, 9.17) is 24.6 Å². The van der Waals surface area contributed by atoms with E-state index in [1.807, 2.05) is 0 Å². The predicted octanol–water partition coefficient (Wildman–Crippen LogP) is -1.73. The lowest BCUT2D eigenvalue weighted by Gasteiger charge is -2.30. The Morgan fingerprint density at radius 2 is 1.71 bits per heavy atom. The SMILES string of the molecule is CC(C)(COP(=O)(O)OP(=O)(O)OCC1OC(n2cnc3c(N)ncnc32)C(O)C1OP(=O)(O)O)C(O)C(=O)NCCC(=O)NCCCC(=O)O. The summed E-state index contributed by atoms with van der Waals surface area (Å²) in [4.78, 5) is 85.4. The molecule has 1 saturated heterocycles. The normalized spacial score (nSPS) is 22.6. The van der Waals surface area contributed by atoms with Gasteiger partial charge in [0.15, 0.2) is 17.7 Å². The predicted molar refractivity (Wildman–Crippen MR) is 167 cm³/mol. The molecule has 1 aliphatic heterocycles. The molecule has 0 bridgehead atoms. The van der Waals surface area contributed by atoms with Gasteiger partial charge >= 0.3 is 29.4 Å². The summed E-state index contributed by atoms with van der Waals surface area (Å²) in [5.74, 6) is -2.58. The van der Waals surface area contributed by atoms with Gasteiger partial charge in [-0.1, -0.05) is 13.8 Å². The average Bonchev–Trinajstić information content (AvgIpc) is 3.57. The van der Waals surface area contributed by atoms with Crippen LogP contribution in [0.5, 0.6) is 0 Å². The van der Waals surface area contributed by atoms with Crippen molar-refractivity contribution in [1.29, 1.82) is 0 Å². The monoisotopic (exact) mass is 793 g/mol. The van der Waals surface area contributed by atoms with Gasteiger partial charge in [-0.3, -0.25) is 32.5 Å². The first kappa shape index (κ1) is 42.4. The number of carbonyl (C=O) groups is 3. The van der Waals surface area contributed by atoms with Crippen molar-refractivity contribution in [3.8, 4) is 0 Å². The summed E-state index contributed by atoms with van der Waals surface area (Å²) in [6.45, 7) is 0.289. The van der Waals surface area contributed by atoms with E-state index in [1.54, 1.807) is 0 Å². The highest BCUT2D eigenvalue weighted by Crippen LogP contribution is 2.61. The summed E-state index contributed by atoms with van der Waals surface area (Å²) < 4.78 is 61.7. The smallest absolute Gasteiger partial charge is 0.481 e. The van der Waals surface area contributed by atoms with Gasteiger partial charge < -0.3 is 56.0 Å². The summed E-state index contributed by atoms with van der Waals surface area (Å²) in [6.07, 6.45) is -6.95. The number of phosphoric ester groups is 3. The molecule has 0 saturated carbocycles. The summed E-state index contributed by atoms with van der Waals surface area (Å²) in [5, 5.41) is 34.6. The maximum absolute atomic E-state index is 12.6. The number of hydrogen-bond acceptors (Lipinski definition) is 17. The lowest BCUT2D eigenvalue weighted by atomic mass is 9.87. The molecular weight excluding hydrogens is 755 g/mol. The molecule has 2 aromatic rings. The molecule has 0 radical (unpaired) electrons. The number of aliphatic hydroxyl groups is 2. The van der Waals surface area contributed by atoms with E-state index in [-0.39, 0.29) is 49.3 Å². The number of phosphoric acid groups is 3. The first-order chi connectivity index (χ1) is 23.5. The van der Waals surface area contributed by atoms with Crippen molar-refractivity contribution in [3.05, 3.63) is 12.7 Å². The lowest BCUT2D eigenvalue weighted by Crippen LogP contribution is -2.46. The van der Waals surface area contributed by atoms with Gasteiger partial charge in [-0.05, 0) is 6.42 Å². The van der Waals surface area contributed by atoms with Crippen LogP contribution in [0.2, 0.25) is 0 Å². The minimum atomic E-state index is -5.57. The van der Waals surface area contributed by atoms with Gasteiger partial charge in [0.2, 0.25) is 11.8 Å². The minimum absolute atomic E-state index is 0.0252. The zero-order valence-corrected chi connectivity index (χ0v) is 29.5. The number of nitrogens with one attached hydrogen (secondary N) is 2. The Balaban J connectivity index is 1.55. The number of nitrogen functional groups attached to an aromatic ring is 1. The van der Waals surface area contributed by atoms with Crippen LogP contribution in [0.25, 0.3) is 11.2 Å². The van der Waals surface area contributed by atoms with Crippen LogP contribution in [0.15, 0.2) is 12.7 Å². The number of aliphatic hydroxyl groups excluding tert-OH is 2. The van der Waals surface area contributed by atoms with Gasteiger partial charge in [-0.2, -0.15) is 4.31 Å². The van der Waals surface area contributed by atoms with Gasteiger partial charge in [0.05, 0.1) is 19.5 Å². The van der Waals surface area contributed by atoms with Crippen molar-refractivity contribution in [3.63, 3.8) is 0 Å². The molecule has 2 amide bonds. The zero-order chi connectivity index (χ0) is 38.4. The molecule has 11 N–H and O–H groups in total. The number of carbonyl (C=O) groups excluding carboxylic acids is 2. The van der Waals surface area contributed by atoms with Crippen molar-refractivity contribution in [2.45, 2.75) is 63.8 Å². The lowest BCUT2D eigenvalue weighted by molar-refractivity contribution is -0.138. The second-order valence-electron chi connectivity index (χ2n) is 11.6. The van der Waals surface area contributed by atoms with Crippen molar-refractivity contribution in [2.24, 2.45) is 5.41 Å². The second-order valence-corrected chi connectivity index (χ2v) is 15.8. The highest BCUT2D eigenvalue weighted by Gasteiger charge is 2.50. The van der Waals surface area contributed by atoms with E-state index >= 15 is 0 Å². The first-order valence-electron chi connectivity index (χ1n) is 14.6. The van der Waals surface area contributed by atoms with Crippen molar-refractivity contribution in [1.82, 2.24) is 30.2 Å². The van der Waals surface area contributed by atoms with E-state index in [1.165, 1.54) is 13.8 Å². The Labute approximate surface area is 287 Å². The topological polar surface area (TPSA) is 384 Å². The van der Waals surface area contributed by atoms with Crippen LogP contribution >= 0.6 is 23.5 Å². The molecule has 1 aliphatic rings. The summed E-state index contributed by atoms with van der Waals surface area (Å²) in [7, 11) is -16.4. The Morgan fingerprint density at radius 3 is 2.35 bits per heavy atom. The molecule has 1 fully saturated rings. The number of carboxylic acids is 1. The molecule has 7 unspecified atom stereocenters. The fourth-order valence-electron chi connectivity index (χ4n) is 4.41. The van der Waals surface area contributed by atoms with E-state index in [9.17, 15) is 57.9 Å². The number of nitrogens with two attached hydrogens (primary N) is 1. The van der Waals surface area contributed by atoms with Crippen molar-refractivity contribution in [2.75, 3.05) is 32.0 Å². The maximum Gasteiger partial charge on any atom is 0.481 e. The van der Waals surface area contributed by atoms with E-state index < -0.39 is 90.5 Å². The van der Waals surface area contributed by atoms with Gasteiger partial charge in [0.25, 0.3) is 0 Å². The number of anilines is 1. The Morgan fingerprint density at radius 1 is 1.04 bits per heavy atom. The molecule has 0 spiro atoms. The molecule has 28 heteroatoms. The Hall–Kier alpha value is -2.99. The molecule has 0 aromatic carbocycles. The minimum Gasteiger partial charge on any atom is -0.481 e. The highest BCUT2D eigenvalue weighted by atomic mass is 31.3. The standard InChI is InChI=1S/C23H38N7O18P3/c1-23(2,18(35)21(36)26-7-5-13(31)25-6-3-4-14(32)33)9-45-51(42,43)48-50(40,41)44-8-12-17(47-49(37,38)39)16(34)22(46-12)30-11-29-15-19(24)27-10-28-20(15)30/h10-12,16-18,22,34-35H,3-9H2,1-2H3,(H,25,31)(H,26,36)(H,32,33)(H,40,41)(H,42,43)(H2,24,27,28)(H2,37,38,39). The summed E-state index contributed by atoms with van der Waals surface area (Å²) >= 11 is 0. The molecule has 25 nitrogen and oxygen atoms in total. The van der Waals surface area contributed by atoms with Crippen LogP contribution in [0.3, 0.4) is 0 Å². The summed E-state index contributed by atoms with van der Waals surface area (Å²) in [6, 6.07) is 0. The molecule has 51 heavy (non-hydrogen) atoms. The van der Waals surface area contributed by atoms with Crippen LogP contribution in [-0.2, 0) is 50.7 Å². The molecule has 0 aliphatic carbocycles. The number of hydrogen-bond donors (Lipinski definition) is 10. The number of carboxylic acid groups (broad SMARTS) is 1. The van der Waals surface area contributed by atoms with Gasteiger partial charge in [0.1, 0.15) is 36.3 Å². The highest BCUT2D eigenvalue weighted by molar-refractivity contribution is 7.61. The van der Waals surface area contributed by atoms with Gasteiger partial charge in [-0.25, -0.2) is 28.6 Å². The average molecular weight is 794 g/mol. The number of aliphatic carboxylic acids is 1. The molecule has 3 heterocycles. The number of ether oxygens (including phenoxy) is 1. The number of imidazole rings is 1. The fraction of sp³-hybridized carbons (Fsp3) is 0.652. The Bertz CT molecular complexity index is 1700. The molecule has 2 aromatic heterocycles. The van der Waals surface area contributed by atoms with Crippen molar-refractivity contribution < 1.29 is 85.6 Å². The summed E-state index contributed by atoms with van der Waals surface area (Å²) in [5.41, 5.74) is 4.22. The number of rotatable bonds is 20. The molecule has 288 valence electrons. The molecule has 7 atom stereocenters. The third-order valence-corrected chi connectivity index (χ3v) is 10.1. The van der Waals surface area contributed by atoms with Crippen LogP contribution in [0.1, 0.15) is 39.3 Å². The second kappa shape index (κ2) is 17.2. The zero-order valence-electron chi connectivity index (χ0n) is 26.8.